The number of rotatable bonds is 10. The van der Waals surface area contributed by atoms with Crippen LogP contribution in [0.1, 0.15) is 50.9 Å². The van der Waals surface area contributed by atoms with E-state index >= 15 is 0 Å². The molecule has 3 N–H and O–H groups in total. The van der Waals surface area contributed by atoms with E-state index in [1.165, 1.54) is 17.3 Å². The minimum atomic E-state index is -0.367. The number of carbonyl (C=O) groups excluding carboxylic acids is 2. The maximum absolute atomic E-state index is 12.2. The van der Waals surface area contributed by atoms with Gasteiger partial charge in [-0.25, -0.2) is 0 Å². The molecule has 7 nitrogen and oxygen atoms in total. The highest BCUT2D eigenvalue weighted by Gasteiger charge is 2.14. The molecule has 0 unspecified atom stereocenters. The fourth-order valence-electron chi connectivity index (χ4n) is 2.62. The van der Waals surface area contributed by atoms with Gasteiger partial charge in [0.05, 0.1) is 5.75 Å². The van der Waals surface area contributed by atoms with Crippen molar-refractivity contribution >= 4 is 29.3 Å². The molecule has 8 heteroatoms. The van der Waals surface area contributed by atoms with Crippen LogP contribution in [0.15, 0.2) is 29.4 Å². The van der Waals surface area contributed by atoms with Crippen molar-refractivity contribution < 1.29 is 9.59 Å². The van der Waals surface area contributed by atoms with Gasteiger partial charge in [-0.3, -0.25) is 9.59 Å². The van der Waals surface area contributed by atoms with Crippen LogP contribution in [0.5, 0.6) is 0 Å². The van der Waals surface area contributed by atoms with Gasteiger partial charge in [-0.2, -0.15) is 0 Å². The van der Waals surface area contributed by atoms with Crippen LogP contribution in [-0.2, 0) is 22.6 Å². The van der Waals surface area contributed by atoms with Gasteiger partial charge in [0.15, 0.2) is 5.16 Å². The molecule has 1 aromatic heterocycles. The third kappa shape index (κ3) is 6.09. The summed E-state index contributed by atoms with van der Waals surface area (Å²) in [4.78, 5) is 23.2. The lowest BCUT2D eigenvalue weighted by Crippen LogP contribution is -2.15. The lowest BCUT2D eigenvalue weighted by atomic mass is 9.99. The molecule has 2 amide bonds. The second-order valence-corrected chi connectivity index (χ2v) is 7.32. The van der Waals surface area contributed by atoms with Crippen molar-refractivity contribution in [3.05, 3.63) is 35.7 Å². The van der Waals surface area contributed by atoms with Crippen LogP contribution in [0, 0.1) is 0 Å². The van der Waals surface area contributed by atoms with Gasteiger partial charge in [0, 0.05) is 25.1 Å². The smallest absolute Gasteiger partial charge is 0.234 e. The summed E-state index contributed by atoms with van der Waals surface area (Å²) >= 11 is 1.33. The topological polar surface area (TPSA) is 103 Å². The lowest BCUT2D eigenvalue weighted by Gasteiger charge is -2.10. The molecule has 2 rings (SSSR count). The van der Waals surface area contributed by atoms with Gasteiger partial charge >= 0.3 is 0 Å². The summed E-state index contributed by atoms with van der Waals surface area (Å²) in [5.41, 5.74) is 7.24. The number of thioether (sulfide) groups is 1. The van der Waals surface area contributed by atoms with E-state index in [1.807, 2.05) is 23.6 Å². The number of hydrogen-bond donors (Lipinski definition) is 2. The quantitative estimate of drug-likeness (QED) is 0.608. The Labute approximate surface area is 164 Å². The Balaban J connectivity index is 1.90. The standard InChI is InChI=1S/C19H27N5O2S/c1-4-13(3)14-6-8-15(9-7-14)21-18(26)12-27-19-23-22-17(24(19)5-2)11-10-16(20)25/h6-9,13H,4-5,10-12H2,1-3H3,(H2,20,25)(H,21,26)/t13-/m0/s1. The predicted molar refractivity (Wildman–Crippen MR) is 108 cm³/mol. The number of primary amides is 1. The fourth-order valence-corrected chi connectivity index (χ4v) is 3.44. The molecule has 0 aliphatic carbocycles. The zero-order chi connectivity index (χ0) is 19.8. The van der Waals surface area contributed by atoms with Gasteiger partial charge in [-0.05, 0) is 37.0 Å². The number of nitrogens with two attached hydrogens (primary N) is 1. The van der Waals surface area contributed by atoms with Crippen LogP contribution < -0.4 is 11.1 Å². The molecule has 1 heterocycles. The minimum absolute atomic E-state index is 0.0966. The van der Waals surface area contributed by atoms with E-state index in [0.29, 0.717) is 29.9 Å². The van der Waals surface area contributed by atoms with Crippen LogP contribution in [0.3, 0.4) is 0 Å². The summed E-state index contributed by atoms with van der Waals surface area (Å²) in [5.74, 6) is 0.990. The summed E-state index contributed by atoms with van der Waals surface area (Å²) in [6, 6.07) is 7.96. The number of hydrogen-bond acceptors (Lipinski definition) is 5. The van der Waals surface area contributed by atoms with E-state index in [9.17, 15) is 9.59 Å². The maximum atomic E-state index is 12.2. The Morgan fingerprint density at radius 1 is 1.22 bits per heavy atom. The van der Waals surface area contributed by atoms with Gasteiger partial charge in [0.25, 0.3) is 0 Å². The zero-order valence-corrected chi connectivity index (χ0v) is 16.9. The van der Waals surface area contributed by atoms with Crippen molar-refractivity contribution in [3.63, 3.8) is 0 Å². The molecule has 0 bridgehead atoms. The molecular weight excluding hydrogens is 362 g/mol. The van der Waals surface area contributed by atoms with E-state index in [0.717, 1.165) is 12.1 Å². The number of anilines is 1. The maximum Gasteiger partial charge on any atom is 0.234 e. The first kappa shape index (κ1) is 21.0. The largest absolute Gasteiger partial charge is 0.370 e. The Kier molecular flexibility index (Phi) is 7.84. The van der Waals surface area contributed by atoms with E-state index in [4.69, 9.17) is 5.73 Å². The zero-order valence-electron chi connectivity index (χ0n) is 16.1. The van der Waals surface area contributed by atoms with Gasteiger partial charge < -0.3 is 15.6 Å². The molecule has 146 valence electrons. The highest BCUT2D eigenvalue weighted by molar-refractivity contribution is 7.99. The number of carbonyl (C=O) groups is 2. The average molecular weight is 390 g/mol. The Hall–Kier alpha value is -2.35. The molecule has 1 atom stereocenters. The molecule has 2 aromatic rings. The lowest BCUT2D eigenvalue weighted by molar-refractivity contribution is -0.118. The monoisotopic (exact) mass is 389 g/mol. The second kappa shape index (κ2) is 10.1. The highest BCUT2D eigenvalue weighted by Crippen LogP contribution is 2.21. The highest BCUT2D eigenvalue weighted by atomic mass is 32.2. The SMILES string of the molecule is CC[C@H](C)c1ccc(NC(=O)CSc2nnc(CCC(N)=O)n2CC)cc1. The van der Waals surface area contributed by atoms with Gasteiger partial charge in [0.2, 0.25) is 11.8 Å². The molecule has 27 heavy (non-hydrogen) atoms. The van der Waals surface area contributed by atoms with Crippen molar-refractivity contribution in [1.82, 2.24) is 14.8 Å². The number of aryl methyl sites for hydroxylation is 1. The first-order valence-corrected chi connectivity index (χ1v) is 10.2. The van der Waals surface area contributed by atoms with Gasteiger partial charge in [-0.1, -0.05) is 37.7 Å². The number of benzene rings is 1. The van der Waals surface area contributed by atoms with Crippen molar-refractivity contribution in [1.29, 1.82) is 0 Å². The third-order valence-electron chi connectivity index (χ3n) is 4.41. The number of nitrogens with zero attached hydrogens (tertiary/aromatic N) is 3. The fraction of sp³-hybridized carbons (Fsp3) is 0.474. The summed E-state index contributed by atoms with van der Waals surface area (Å²) in [6.07, 6.45) is 1.77. The normalized spacial score (nSPS) is 12.0. The summed E-state index contributed by atoms with van der Waals surface area (Å²) in [6.45, 7) is 6.99. The Morgan fingerprint density at radius 3 is 2.52 bits per heavy atom. The molecule has 0 spiro atoms. The van der Waals surface area contributed by atoms with Crippen LogP contribution in [0.4, 0.5) is 5.69 Å². The summed E-state index contributed by atoms with van der Waals surface area (Å²) in [7, 11) is 0. The van der Waals surface area contributed by atoms with Gasteiger partial charge in [0.1, 0.15) is 5.82 Å². The van der Waals surface area contributed by atoms with E-state index in [1.54, 1.807) is 0 Å². The minimum Gasteiger partial charge on any atom is -0.370 e. The van der Waals surface area contributed by atoms with Gasteiger partial charge in [-0.15, -0.1) is 10.2 Å². The molecule has 0 aliphatic rings. The molecule has 1 aromatic carbocycles. The van der Waals surface area contributed by atoms with Crippen LogP contribution in [0.2, 0.25) is 0 Å². The van der Waals surface area contributed by atoms with E-state index < -0.39 is 0 Å². The Bertz CT molecular complexity index is 773. The van der Waals surface area contributed by atoms with Crippen molar-refractivity contribution in [2.24, 2.45) is 5.73 Å². The average Bonchev–Trinajstić information content (AvgIpc) is 3.06. The molecule has 0 fully saturated rings. The second-order valence-electron chi connectivity index (χ2n) is 6.38. The van der Waals surface area contributed by atoms with Crippen molar-refractivity contribution in [2.75, 3.05) is 11.1 Å². The van der Waals surface area contributed by atoms with Crippen molar-refractivity contribution in [2.45, 2.75) is 57.7 Å². The number of amides is 2. The molecular formula is C19H27N5O2S. The Morgan fingerprint density at radius 2 is 1.93 bits per heavy atom. The van der Waals surface area contributed by atoms with Crippen LogP contribution in [0.25, 0.3) is 0 Å². The third-order valence-corrected chi connectivity index (χ3v) is 5.38. The number of nitrogens with one attached hydrogen (secondary N) is 1. The summed E-state index contributed by atoms with van der Waals surface area (Å²) < 4.78 is 1.90. The number of aromatic nitrogens is 3. The van der Waals surface area contributed by atoms with E-state index in [2.05, 4.69) is 41.5 Å². The first-order chi connectivity index (χ1) is 12.9. The summed E-state index contributed by atoms with van der Waals surface area (Å²) in [5, 5.41) is 11.8. The molecule has 0 saturated heterocycles. The molecule has 0 aliphatic heterocycles. The van der Waals surface area contributed by atoms with Crippen molar-refractivity contribution in [3.8, 4) is 0 Å². The predicted octanol–water partition coefficient (Wildman–Crippen LogP) is 2.96. The first-order valence-electron chi connectivity index (χ1n) is 9.17. The van der Waals surface area contributed by atoms with E-state index in [-0.39, 0.29) is 24.0 Å². The van der Waals surface area contributed by atoms with Crippen LogP contribution in [-0.4, -0.2) is 32.3 Å². The molecule has 0 radical (unpaired) electrons. The molecule has 0 saturated carbocycles. The van der Waals surface area contributed by atoms with Crippen LogP contribution >= 0.6 is 11.8 Å².